The molecule has 0 saturated heterocycles. The van der Waals surface area contributed by atoms with Gasteiger partial charge in [0.25, 0.3) is 5.91 Å². The maximum atomic E-state index is 13.3. The van der Waals surface area contributed by atoms with E-state index >= 15 is 0 Å². The minimum Gasteiger partial charge on any atom is -0.472 e. The Bertz CT molecular complexity index is 840. The van der Waals surface area contributed by atoms with Crippen LogP contribution in [0, 0.1) is 12.8 Å². The van der Waals surface area contributed by atoms with E-state index in [2.05, 4.69) is 17.2 Å². The number of aryl methyl sites for hydroxylation is 1. The number of amides is 1. The Hall–Kier alpha value is -2.44. The van der Waals surface area contributed by atoms with Crippen LogP contribution in [0.25, 0.3) is 11.1 Å². The maximum Gasteiger partial charge on any atom is 0.259 e. The Labute approximate surface area is 166 Å². The maximum absolute atomic E-state index is 13.3. The molecule has 6 heteroatoms. The number of aliphatic hydroxyl groups is 1. The Kier molecular flexibility index (Phi) is 6.31. The largest absolute Gasteiger partial charge is 0.472 e. The molecule has 0 aliphatic carbocycles. The lowest BCUT2D eigenvalue weighted by Gasteiger charge is -2.36. The molecule has 2 aromatic rings. The summed E-state index contributed by atoms with van der Waals surface area (Å²) < 4.78 is 6.16. The number of pyridine rings is 1. The quantitative estimate of drug-likeness (QED) is 0.830. The second-order valence-electron chi connectivity index (χ2n) is 7.57. The summed E-state index contributed by atoms with van der Waals surface area (Å²) >= 11 is 0. The van der Waals surface area contributed by atoms with E-state index in [1.807, 2.05) is 51.2 Å². The highest BCUT2D eigenvalue weighted by atomic mass is 16.5. The number of hydrogen-bond donors (Lipinski definition) is 2. The van der Waals surface area contributed by atoms with Crippen LogP contribution in [-0.4, -0.2) is 59.8 Å². The molecule has 1 aliphatic heterocycles. The molecule has 3 atom stereocenters. The Balaban J connectivity index is 2.09. The Morgan fingerprint density at radius 3 is 2.79 bits per heavy atom. The zero-order valence-electron chi connectivity index (χ0n) is 17.0. The van der Waals surface area contributed by atoms with Crippen molar-refractivity contribution in [2.24, 2.45) is 5.92 Å². The fraction of sp³-hybridized carbons (Fsp3) is 0.455. The number of carbonyl (C=O) groups excluding carboxylic acids is 1. The highest BCUT2D eigenvalue weighted by Crippen LogP contribution is 2.31. The molecular formula is C22H29N3O3. The van der Waals surface area contributed by atoms with Crippen LogP contribution >= 0.6 is 0 Å². The molecule has 0 unspecified atom stereocenters. The van der Waals surface area contributed by atoms with E-state index in [4.69, 9.17) is 4.74 Å². The van der Waals surface area contributed by atoms with Crippen molar-refractivity contribution in [2.75, 3.05) is 26.7 Å². The molecule has 1 aromatic heterocycles. The number of aromatic nitrogens is 1. The molecule has 2 N–H and O–H groups in total. The fourth-order valence-corrected chi connectivity index (χ4v) is 3.59. The first kappa shape index (κ1) is 20.3. The molecular weight excluding hydrogens is 354 g/mol. The molecule has 1 aliphatic rings. The van der Waals surface area contributed by atoms with Gasteiger partial charge in [-0.15, -0.1) is 0 Å². The third-order valence-electron chi connectivity index (χ3n) is 5.38. The van der Waals surface area contributed by atoms with Gasteiger partial charge in [0.05, 0.1) is 12.6 Å². The van der Waals surface area contributed by atoms with Crippen molar-refractivity contribution in [3.05, 3.63) is 47.7 Å². The highest BCUT2D eigenvalue weighted by Gasteiger charge is 2.33. The zero-order valence-corrected chi connectivity index (χ0v) is 17.0. The van der Waals surface area contributed by atoms with E-state index in [-0.39, 0.29) is 30.6 Å². The minimum atomic E-state index is -0.279. The number of hydrogen-bond acceptors (Lipinski definition) is 5. The van der Waals surface area contributed by atoms with Gasteiger partial charge in [-0.2, -0.15) is 0 Å². The van der Waals surface area contributed by atoms with Crippen LogP contribution in [0.5, 0.6) is 5.88 Å². The van der Waals surface area contributed by atoms with Gasteiger partial charge in [-0.3, -0.25) is 4.79 Å². The predicted molar refractivity (Wildman–Crippen MR) is 110 cm³/mol. The van der Waals surface area contributed by atoms with E-state index in [1.165, 1.54) is 0 Å². The zero-order chi connectivity index (χ0) is 20.3. The smallest absolute Gasteiger partial charge is 0.259 e. The van der Waals surface area contributed by atoms with Crippen LogP contribution < -0.4 is 10.1 Å². The molecule has 0 spiro atoms. The van der Waals surface area contributed by atoms with E-state index in [9.17, 15) is 9.90 Å². The molecule has 150 valence electrons. The van der Waals surface area contributed by atoms with E-state index in [0.717, 1.165) is 16.7 Å². The fourth-order valence-electron chi connectivity index (χ4n) is 3.59. The molecule has 28 heavy (non-hydrogen) atoms. The number of aliphatic hydroxyl groups excluding tert-OH is 1. The monoisotopic (exact) mass is 383 g/mol. The number of fused-ring (bicyclic) bond motifs is 1. The highest BCUT2D eigenvalue weighted by molar-refractivity contribution is 5.98. The molecule has 1 aromatic carbocycles. The first-order chi connectivity index (χ1) is 13.5. The van der Waals surface area contributed by atoms with Crippen LogP contribution in [0.3, 0.4) is 0 Å². The molecule has 0 bridgehead atoms. The standard InChI is InChI=1S/C22H29N3O3/c1-14-7-5-6-8-18(14)17-9-19-21(24-10-17)28-20(11-23-4)15(2)12-25(22(19)27)16(3)13-26/h5-10,15-16,20,23,26H,11-13H2,1-4H3/t15-,16-,20-/m1/s1. The van der Waals surface area contributed by atoms with Gasteiger partial charge in [-0.25, -0.2) is 4.98 Å². The van der Waals surface area contributed by atoms with E-state index in [0.29, 0.717) is 24.5 Å². The van der Waals surface area contributed by atoms with Crippen LogP contribution in [0.2, 0.25) is 0 Å². The van der Waals surface area contributed by atoms with Crippen LogP contribution in [0.1, 0.15) is 29.8 Å². The lowest BCUT2D eigenvalue weighted by molar-refractivity contribution is 0.0404. The van der Waals surface area contributed by atoms with Crippen LogP contribution in [0.4, 0.5) is 0 Å². The van der Waals surface area contributed by atoms with E-state index < -0.39 is 0 Å². The average molecular weight is 383 g/mol. The SMILES string of the molecule is CNC[C@H]1Oc2ncc(-c3ccccc3C)cc2C(=O)N([C@H](C)CO)C[C@H]1C. The summed E-state index contributed by atoms with van der Waals surface area (Å²) in [5.74, 6) is 0.287. The third-order valence-corrected chi connectivity index (χ3v) is 5.38. The van der Waals surface area contributed by atoms with Gasteiger partial charge in [0.1, 0.15) is 11.7 Å². The van der Waals surface area contributed by atoms with Gasteiger partial charge in [0, 0.05) is 30.8 Å². The van der Waals surface area contributed by atoms with Gasteiger partial charge in [0.2, 0.25) is 5.88 Å². The normalized spacial score (nSPS) is 20.8. The van der Waals surface area contributed by atoms with Crippen molar-refractivity contribution in [3.63, 3.8) is 0 Å². The number of benzene rings is 1. The summed E-state index contributed by atoms with van der Waals surface area (Å²) in [6.07, 6.45) is 1.64. The van der Waals surface area contributed by atoms with Gasteiger partial charge < -0.3 is 20.1 Å². The van der Waals surface area contributed by atoms with Crippen molar-refractivity contribution in [1.29, 1.82) is 0 Å². The summed E-state index contributed by atoms with van der Waals surface area (Å²) in [6.45, 7) is 7.03. The predicted octanol–water partition coefficient (Wildman–Crippen LogP) is 2.50. The number of rotatable bonds is 5. The molecule has 1 amide bonds. The van der Waals surface area contributed by atoms with E-state index in [1.54, 1.807) is 11.1 Å². The van der Waals surface area contributed by atoms with Gasteiger partial charge in [-0.1, -0.05) is 31.2 Å². The average Bonchev–Trinajstić information content (AvgIpc) is 2.70. The van der Waals surface area contributed by atoms with Gasteiger partial charge in [0.15, 0.2) is 0 Å². The van der Waals surface area contributed by atoms with Crippen molar-refractivity contribution >= 4 is 5.91 Å². The molecule has 0 fully saturated rings. The first-order valence-electron chi connectivity index (χ1n) is 9.75. The lowest BCUT2D eigenvalue weighted by atomic mass is 9.98. The van der Waals surface area contributed by atoms with Crippen LogP contribution in [0.15, 0.2) is 36.5 Å². The number of nitrogens with zero attached hydrogens (tertiary/aromatic N) is 2. The molecule has 0 radical (unpaired) electrons. The minimum absolute atomic E-state index is 0.0870. The Morgan fingerprint density at radius 2 is 2.11 bits per heavy atom. The molecule has 6 nitrogen and oxygen atoms in total. The molecule has 3 rings (SSSR count). The van der Waals surface area contributed by atoms with Crippen molar-refractivity contribution < 1.29 is 14.6 Å². The van der Waals surface area contributed by atoms with Crippen LogP contribution in [-0.2, 0) is 0 Å². The topological polar surface area (TPSA) is 74.7 Å². The second kappa shape index (κ2) is 8.71. The summed E-state index contributed by atoms with van der Waals surface area (Å²) in [4.78, 5) is 19.6. The van der Waals surface area contributed by atoms with Crippen molar-refractivity contribution in [2.45, 2.75) is 32.9 Å². The number of ether oxygens (including phenoxy) is 1. The summed E-state index contributed by atoms with van der Waals surface area (Å²) in [6, 6.07) is 9.60. The molecule has 2 heterocycles. The van der Waals surface area contributed by atoms with Crippen molar-refractivity contribution in [1.82, 2.24) is 15.2 Å². The summed E-state index contributed by atoms with van der Waals surface area (Å²) in [5, 5.41) is 12.8. The first-order valence-corrected chi connectivity index (χ1v) is 9.75. The van der Waals surface area contributed by atoms with Crippen molar-refractivity contribution in [3.8, 4) is 17.0 Å². The number of nitrogens with one attached hydrogen (secondary N) is 1. The summed E-state index contributed by atoms with van der Waals surface area (Å²) in [7, 11) is 1.88. The van der Waals surface area contributed by atoms with Gasteiger partial charge >= 0.3 is 0 Å². The molecule has 0 saturated carbocycles. The Morgan fingerprint density at radius 1 is 1.36 bits per heavy atom. The summed E-state index contributed by atoms with van der Waals surface area (Å²) in [5.41, 5.74) is 3.47. The van der Waals surface area contributed by atoms with Gasteiger partial charge in [-0.05, 0) is 38.1 Å². The third kappa shape index (κ3) is 4.03. The number of carbonyl (C=O) groups is 1. The lowest BCUT2D eigenvalue weighted by Crippen LogP contribution is -2.49. The second-order valence-corrected chi connectivity index (χ2v) is 7.57. The number of likely N-dealkylation sites (N-methyl/N-ethyl adjacent to an activating group) is 1.